The monoisotopic (exact) mass is 520 g/mol. The third-order valence-corrected chi connectivity index (χ3v) is 8.46. The first-order chi connectivity index (χ1) is 16.3. The van der Waals surface area contributed by atoms with Crippen molar-refractivity contribution in [1.82, 2.24) is 10.3 Å². The molecule has 5 nitrogen and oxygen atoms in total. The molecule has 0 atom stereocenters. The van der Waals surface area contributed by atoms with E-state index in [1.165, 1.54) is 7.11 Å². The van der Waals surface area contributed by atoms with Gasteiger partial charge in [0, 0.05) is 21.0 Å². The maximum absolute atomic E-state index is 14.0. The number of benzene rings is 2. The van der Waals surface area contributed by atoms with Crippen LogP contribution in [0, 0.1) is 19.3 Å². The van der Waals surface area contributed by atoms with Gasteiger partial charge in [0.15, 0.2) is 0 Å². The zero-order chi connectivity index (χ0) is 24.1. The topological polar surface area (TPSA) is 68.3 Å². The number of nitrogens with one attached hydrogen (secondary N) is 1. The van der Waals surface area contributed by atoms with E-state index >= 15 is 0 Å². The number of ether oxygens (including phenoxy) is 1. The van der Waals surface area contributed by atoms with Crippen LogP contribution in [0.3, 0.4) is 0 Å². The summed E-state index contributed by atoms with van der Waals surface area (Å²) in [6.45, 7) is 4.01. The molecule has 1 heterocycles. The Kier molecular flexibility index (Phi) is 5.75. The largest absolute Gasteiger partial charge is 0.469 e. The van der Waals surface area contributed by atoms with Crippen molar-refractivity contribution in [1.29, 1.82) is 0 Å². The number of hydrogen-bond acceptors (Lipinski definition) is 4. The van der Waals surface area contributed by atoms with E-state index in [-0.39, 0.29) is 22.8 Å². The highest BCUT2D eigenvalue weighted by Crippen LogP contribution is 2.53. The Morgan fingerprint density at radius 3 is 2.26 bits per heavy atom. The Bertz CT molecular complexity index is 1280. The summed E-state index contributed by atoms with van der Waals surface area (Å²) in [6, 6.07) is 14.1. The number of carbonyl (C=O) groups excluding carboxylic acids is 2. The fourth-order valence-electron chi connectivity index (χ4n) is 5.96. The molecular weight excluding hydrogens is 492 g/mol. The maximum Gasteiger partial charge on any atom is 0.311 e. The van der Waals surface area contributed by atoms with Gasteiger partial charge in [0.25, 0.3) is 5.91 Å². The Labute approximate surface area is 208 Å². The molecule has 1 amide bonds. The molecule has 3 aliphatic carbocycles. The van der Waals surface area contributed by atoms with Crippen molar-refractivity contribution in [3.05, 3.63) is 63.6 Å². The molecule has 3 aromatic rings. The first kappa shape index (κ1) is 23.0. The molecule has 2 aromatic carbocycles. The molecule has 0 spiro atoms. The lowest BCUT2D eigenvalue weighted by Crippen LogP contribution is -2.58. The highest BCUT2D eigenvalue weighted by atomic mass is 79.9. The summed E-state index contributed by atoms with van der Waals surface area (Å²) in [5, 5.41) is 4.28. The average Bonchev–Trinajstić information content (AvgIpc) is 2.84. The molecule has 34 heavy (non-hydrogen) atoms. The minimum Gasteiger partial charge on any atom is -0.469 e. The van der Waals surface area contributed by atoms with E-state index in [9.17, 15) is 9.59 Å². The normalized spacial score (nSPS) is 23.6. The van der Waals surface area contributed by atoms with Crippen LogP contribution in [0.5, 0.6) is 0 Å². The quantitative estimate of drug-likeness (QED) is 0.411. The van der Waals surface area contributed by atoms with Gasteiger partial charge in [-0.2, -0.15) is 0 Å². The highest BCUT2D eigenvalue weighted by molar-refractivity contribution is 9.10. The third-order valence-electron chi connectivity index (χ3n) is 8.01. The van der Waals surface area contributed by atoms with E-state index in [2.05, 4.69) is 21.2 Å². The van der Waals surface area contributed by atoms with Gasteiger partial charge in [-0.3, -0.25) is 9.59 Å². The third kappa shape index (κ3) is 3.72. The maximum atomic E-state index is 14.0. The van der Waals surface area contributed by atoms with Crippen LogP contribution in [0.25, 0.3) is 22.2 Å². The first-order valence-corrected chi connectivity index (χ1v) is 12.6. The number of halogens is 1. The SMILES string of the molecule is COC(=O)C12CCC(NC(=O)c3c(C)c(-c4ccccc4)nc4c(C)cc(Br)cc34)(CC1)CC2. The number of hydrogen-bond donors (Lipinski definition) is 1. The summed E-state index contributed by atoms with van der Waals surface area (Å²) < 4.78 is 6.02. The van der Waals surface area contributed by atoms with E-state index in [1.54, 1.807) is 0 Å². The number of aromatic nitrogens is 1. The molecule has 3 fully saturated rings. The minimum absolute atomic E-state index is 0.0629. The Morgan fingerprint density at radius 2 is 1.65 bits per heavy atom. The number of pyridine rings is 1. The van der Waals surface area contributed by atoms with Gasteiger partial charge in [0.1, 0.15) is 0 Å². The number of rotatable bonds is 4. The lowest BCUT2D eigenvalue weighted by atomic mass is 9.57. The molecule has 6 rings (SSSR count). The summed E-state index contributed by atoms with van der Waals surface area (Å²) in [5.41, 5.74) is 4.59. The predicted octanol–water partition coefficient (Wildman–Crippen LogP) is 6.28. The van der Waals surface area contributed by atoms with Gasteiger partial charge in [0.05, 0.1) is 29.3 Å². The first-order valence-electron chi connectivity index (χ1n) is 11.8. The van der Waals surface area contributed by atoms with Crippen molar-refractivity contribution in [2.45, 2.75) is 57.9 Å². The van der Waals surface area contributed by atoms with E-state index in [0.717, 1.165) is 76.3 Å². The van der Waals surface area contributed by atoms with E-state index in [0.29, 0.717) is 5.56 Å². The second-order valence-electron chi connectivity index (χ2n) is 9.95. The number of carbonyl (C=O) groups is 2. The van der Waals surface area contributed by atoms with Crippen molar-refractivity contribution in [3.8, 4) is 11.3 Å². The van der Waals surface area contributed by atoms with Gasteiger partial charge >= 0.3 is 5.97 Å². The standard InChI is InChI=1S/C28H29BrN2O3/c1-17-15-20(29)16-21-22(18(2)24(30-23(17)21)19-7-5-4-6-8-19)25(32)31-28-12-9-27(10-13-28,11-14-28)26(33)34-3/h4-8,15-16H,9-14H2,1-3H3,(H,31,32). The molecule has 1 N–H and O–H groups in total. The van der Waals surface area contributed by atoms with Crippen LogP contribution in [0.15, 0.2) is 46.9 Å². The van der Waals surface area contributed by atoms with Gasteiger partial charge in [-0.15, -0.1) is 0 Å². The van der Waals surface area contributed by atoms with E-state index in [1.807, 2.05) is 56.3 Å². The minimum atomic E-state index is -0.372. The second-order valence-corrected chi connectivity index (χ2v) is 10.9. The molecule has 0 radical (unpaired) electrons. The Morgan fingerprint density at radius 1 is 1.00 bits per heavy atom. The van der Waals surface area contributed by atoms with Crippen molar-refractivity contribution in [2.75, 3.05) is 7.11 Å². The zero-order valence-corrected chi connectivity index (χ0v) is 21.4. The summed E-state index contributed by atoms with van der Waals surface area (Å²) in [4.78, 5) is 31.4. The predicted molar refractivity (Wildman–Crippen MR) is 137 cm³/mol. The van der Waals surface area contributed by atoms with Crippen molar-refractivity contribution in [3.63, 3.8) is 0 Å². The van der Waals surface area contributed by atoms with Gasteiger partial charge < -0.3 is 10.1 Å². The molecule has 6 heteroatoms. The van der Waals surface area contributed by atoms with E-state index in [4.69, 9.17) is 9.72 Å². The van der Waals surface area contributed by atoms with Gasteiger partial charge in [-0.1, -0.05) is 46.3 Å². The number of aryl methyl sites for hydroxylation is 1. The smallest absolute Gasteiger partial charge is 0.311 e. The van der Waals surface area contributed by atoms with Gasteiger partial charge in [-0.05, 0) is 75.6 Å². The van der Waals surface area contributed by atoms with Crippen LogP contribution >= 0.6 is 15.9 Å². The van der Waals surface area contributed by atoms with Crippen LogP contribution in [0.1, 0.15) is 60.0 Å². The summed E-state index contributed by atoms with van der Waals surface area (Å²) in [5.74, 6) is -0.164. The summed E-state index contributed by atoms with van der Waals surface area (Å²) >= 11 is 3.61. The number of methoxy groups -OCH3 is 1. The molecule has 176 valence electrons. The fourth-order valence-corrected chi connectivity index (χ4v) is 6.53. The molecule has 3 aliphatic rings. The van der Waals surface area contributed by atoms with Crippen LogP contribution in [-0.4, -0.2) is 29.5 Å². The van der Waals surface area contributed by atoms with Crippen molar-refractivity contribution in [2.24, 2.45) is 5.41 Å². The van der Waals surface area contributed by atoms with Crippen LogP contribution < -0.4 is 5.32 Å². The van der Waals surface area contributed by atoms with Gasteiger partial charge in [0.2, 0.25) is 0 Å². The number of nitrogens with zero attached hydrogens (tertiary/aromatic N) is 1. The van der Waals surface area contributed by atoms with Crippen molar-refractivity contribution >= 4 is 38.7 Å². The number of fused-ring (bicyclic) bond motifs is 4. The highest BCUT2D eigenvalue weighted by Gasteiger charge is 2.53. The van der Waals surface area contributed by atoms with Crippen LogP contribution in [-0.2, 0) is 9.53 Å². The van der Waals surface area contributed by atoms with Gasteiger partial charge in [-0.25, -0.2) is 4.98 Å². The number of esters is 1. The number of amides is 1. The van der Waals surface area contributed by atoms with Crippen LogP contribution in [0.2, 0.25) is 0 Å². The van der Waals surface area contributed by atoms with Crippen LogP contribution in [0.4, 0.5) is 0 Å². The molecule has 0 unspecified atom stereocenters. The van der Waals surface area contributed by atoms with E-state index < -0.39 is 0 Å². The molecule has 3 saturated carbocycles. The zero-order valence-electron chi connectivity index (χ0n) is 19.8. The summed E-state index contributed by atoms with van der Waals surface area (Å²) in [7, 11) is 1.47. The molecule has 1 aromatic heterocycles. The lowest BCUT2D eigenvalue weighted by molar-refractivity contribution is -0.160. The second kappa shape index (κ2) is 8.49. The molecule has 0 saturated heterocycles. The molecule has 0 aliphatic heterocycles. The molecular formula is C28H29BrN2O3. The summed E-state index contributed by atoms with van der Waals surface area (Å²) in [6.07, 6.45) is 4.67. The fraction of sp³-hybridized carbons (Fsp3) is 0.393. The molecule has 2 bridgehead atoms. The van der Waals surface area contributed by atoms with Crippen molar-refractivity contribution < 1.29 is 14.3 Å². The Hall–Kier alpha value is -2.73. The Balaban J connectivity index is 1.56. The average molecular weight is 521 g/mol. The lowest BCUT2D eigenvalue weighted by Gasteiger charge is -2.52.